The first-order valence-electron chi connectivity index (χ1n) is 7.23. The van der Waals surface area contributed by atoms with Gasteiger partial charge in [-0.3, -0.25) is 4.90 Å². The minimum absolute atomic E-state index is 0. The molecule has 1 aromatic rings. The number of rotatable bonds is 4. The molecular formula is C16H27Cl3N2O. The zero-order valence-corrected chi connectivity index (χ0v) is 16.2. The smallest absolute Gasteiger partial charge is 0.127 e. The van der Waals surface area contributed by atoms with Gasteiger partial charge in [0.15, 0.2) is 0 Å². The molecule has 22 heavy (non-hydrogen) atoms. The third kappa shape index (κ3) is 4.01. The Bertz CT molecular complexity index is 501. The first-order chi connectivity index (χ1) is 9.36. The molecule has 0 spiro atoms. The molecule has 128 valence electrons. The molecule has 1 aromatic carbocycles. The Kier molecular flexibility index (Phi) is 8.53. The quantitative estimate of drug-likeness (QED) is 0.858. The van der Waals surface area contributed by atoms with E-state index in [4.69, 9.17) is 22.1 Å². The topological polar surface area (TPSA) is 38.5 Å². The van der Waals surface area contributed by atoms with Gasteiger partial charge in [0.25, 0.3) is 0 Å². The fourth-order valence-corrected chi connectivity index (χ4v) is 3.16. The first kappa shape index (κ1) is 21.8. The molecule has 1 heterocycles. The number of methoxy groups -OCH3 is 1. The number of nitrogens with zero attached hydrogens (tertiary/aromatic N) is 1. The summed E-state index contributed by atoms with van der Waals surface area (Å²) in [7, 11) is 1.72. The maximum atomic E-state index is 6.39. The number of hydrogen-bond donors (Lipinski definition) is 1. The fourth-order valence-electron chi connectivity index (χ4n) is 2.94. The van der Waals surface area contributed by atoms with E-state index in [1.807, 2.05) is 13.0 Å². The molecule has 6 heteroatoms. The highest BCUT2D eigenvalue weighted by molar-refractivity contribution is 6.31. The van der Waals surface area contributed by atoms with E-state index in [9.17, 15) is 0 Å². The van der Waals surface area contributed by atoms with Gasteiger partial charge in [-0.2, -0.15) is 0 Å². The van der Waals surface area contributed by atoms with E-state index in [1.165, 1.54) is 5.56 Å². The molecule has 2 N–H and O–H groups in total. The molecule has 1 unspecified atom stereocenters. The second-order valence-corrected chi connectivity index (χ2v) is 6.46. The molecule has 1 atom stereocenters. The van der Waals surface area contributed by atoms with Gasteiger partial charge in [-0.25, -0.2) is 0 Å². The van der Waals surface area contributed by atoms with Gasteiger partial charge in [0, 0.05) is 47.2 Å². The van der Waals surface area contributed by atoms with Gasteiger partial charge in [-0.05, 0) is 39.3 Å². The zero-order chi connectivity index (χ0) is 15.0. The molecule has 0 amide bonds. The van der Waals surface area contributed by atoms with Gasteiger partial charge in [0.1, 0.15) is 5.75 Å². The van der Waals surface area contributed by atoms with Crippen molar-refractivity contribution in [1.82, 2.24) is 4.90 Å². The van der Waals surface area contributed by atoms with Crippen molar-refractivity contribution in [1.29, 1.82) is 0 Å². The standard InChI is InChI=1S/C16H25ClN2O.2ClH/c1-9(2)19-7-12(8-19)15-10(3)14(17)6-13(11(4)18)16(15)20-5;;/h6,9,11-12H,7-8,18H2,1-5H3;2*1H. The first-order valence-corrected chi connectivity index (χ1v) is 7.61. The molecule has 1 fully saturated rings. The van der Waals surface area contributed by atoms with E-state index < -0.39 is 0 Å². The molecule has 0 bridgehead atoms. The predicted molar refractivity (Wildman–Crippen MR) is 99.3 cm³/mol. The fraction of sp³-hybridized carbons (Fsp3) is 0.625. The van der Waals surface area contributed by atoms with Crippen LogP contribution in [-0.4, -0.2) is 31.1 Å². The Morgan fingerprint density at radius 1 is 1.27 bits per heavy atom. The van der Waals surface area contributed by atoms with Crippen LogP contribution in [0.3, 0.4) is 0 Å². The van der Waals surface area contributed by atoms with Crippen molar-refractivity contribution in [2.45, 2.75) is 45.7 Å². The van der Waals surface area contributed by atoms with E-state index in [1.54, 1.807) is 7.11 Å². The summed E-state index contributed by atoms with van der Waals surface area (Å²) in [6.45, 7) is 10.6. The van der Waals surface area contributed by atoms with Crippen molar-refractivity contribution in [2.24, 2.45) is 5.73 Å². The summed E-state index contributed by atoms with van der Waals surface area (Å²) in [5.41, 5.74) is 9.43. The van der Waals surface area contributed by atoms with Crippen LogP contribution >= 0.6 is 36.4 Å². The van der Waals surface area contributed by atoms with E-state index in [0.717, 1.165) is 35.0 Å². The van der Waals surface area contributed by atoms with Gasteiger partial charge in [0.05, 0.1) is 7.11 Å². The Balaban J connectivity index is 0.00000220. The van der Waals surface area contributed by atoms with Crippen molar-refractivity contribution in [3.8, 4) is 5.75 Å². The number of hydrogen-bond acceptors (Lipinski definition) is 3. The van der Waals surface area contributed by atoms with Crippen LogP contribution in [0.15, 0.2) is 6.07 Å². The van der Waals surface area contributed by atoms with Crippen LogP contribution in [-0.2, 0) is 0 Å². The number of nitrogens with two attached hydrogens (primary N) is 1. The van der Waals surface area contributed by atoms with E-state index >= 15 is 0 Å². The number of ether oxygens (including phenoxy) is 1. The largest absolute Gasteiger partial charge is 0.496 e. The Morgan fingerprint density at radius 3 is 2.23 bits per heavy atom. The molecule has 1 aliphatic rings. The number of likely N-dealkylation sites (tertiary alicyclic amines) is 1. The second kappa shape index (κ2) is 8.60. The van der Waals surface area contributed by atoms with Crippen molar-refractivity contribution in [3.63, 3.8) is 0 Å². The number of benzene rings is 1. The summed E-state index contributed by atoms with van der Waals surface area (Å²) in [5.74, 6) is 1.42. The molecule has 0 aliphatic carbocycles. The molecule has 1 aliphatic heterocycles. The molecule has 0 radical (unpaired) electrons. The summed E-state index contributed by atoms with van der Waals surface area (Å²) in [6.07, 6.45) is 0. The van der Waals surface area contributed by atoms with Crippen LogP contribution in [0.5, 0.6) is 5.75 Å². The van der Waals surface area contributed by atoms with Crippen LogP contribution in [0.2, 0.25) is 5.02 Å². The summed E-state index contributed by atoms with van der Waals surface area (Å²) >= 11 is 6.39. The molecule has 3 nitrogen and oxygen atoms in total. The lowest BCUT2D eigenvalue weighted by Crippen LogP contribution is -2.48. The zero-order valence-electron chi connectivity index (χ0n) is 13.9. The minimum atomic E-state index is -0.0805. The van der Waals surface area contributed by atoms with Crippen LogP contribution in [0, 0.1) is 6.92 Å². The van der Waals surface area contributed by atoms with Gasteiger partial charge >= 0.3 is 0 Å². The lowest BCUT2D eigenvalue weighted by Gasteiger charge is -2.43. The van der Waals surface area contributed by atoms with Gasteiger partial charge in [0.2, 0.25) is 0 Å². The van der Waals surface area contributed by atoms with Gasteiger partial charge in [-0.15, -0.1) is 24.8 Å². The lowest BCUT2D eigenvalue weighted by molar-refractivity contribution is 0.108. The van der Waals surface area contributed by atoms with Gasteiger partial charge in [-0.1, -0.05) is 11.6 Å². The third-order valence-corrected chi connectivity index (χ3v) is 4.69. The van der Waals surface area contributed by atoms with Gasteiger partial charge < -0.3 is 10.5 Å². The highest BCUT2D eigenvalue weighted by atomic mass is 35.5. The maximum absolute atomic E-state index is 6.39. The van der Waals surface area contributed by atoms with Crippen molar-refractivity contribution < 1.29 is 4.74 Å². The highest BCUT2D eigenvalue weighted by Gasteiger charge is 2.34. The highest BCUT2D eigenvalue weighted by Crippen LogP contribution is 2.42. The van der Waals surface area contributed by atoms with Crippen molar-refractivity contribution >= 4 is 36.4 Å². The summed E-state index contributed by atoms with van der Waals surface area (Å²) < 4.78 is 5.67. The Morgan fingerprint density at radius 2 is 1.82 bits per heavy atom. The SMILES string of the molecule is COc1c(C(C)N)cc(Cl)c(C)c1C1CN(C(C)C)C1.Cl.Cl. The molecular weight excluding hydrogens is 343 g/mol. The summed E-state index contributed by atoms with van der Waals surface area (Å²) in [5, 5.41) is 0.788. The molecule has 2 rings (SSSR count). The second-order valence-electron chi connectivity index (χ2n) is 6.05. The van der Waals surface area contributed by atoms with Crippen molar-refractivity contribution in [3.05, 3.63) is 27.8 Å². The minimum Gasteiger partial charge on any atom is -0.496 e. The monoisotopic (exact) mass is 368 g/mol. The van der Waals surface area contributed by atoms with Crippen LogP contribution in [0.25, 0.3) is 0 Å². The van der Waals surface area contributed by atoms with Crippen molar-refractivity contribution in [2.75, 3.05) is 20.2 Å². The maximum Gasteiger partial charge on any atom is 0.127 e. The summed E-state index contributed by atoms with van der Waals surface area (Å²) in [4.78, 5) is 2.45. The Labute approximate surface area is 151 Å². The molecule has 0 saturated carbocycles. The summed E-state index contributed by atoms with van der Waals surface area (Å²) in [6, 6.07) is 2.45. The lowest BCUT2D eigenvalue weighted by atomic mass is 9.84. The molecule has 0 aromatic heterocycles. The van der Waals surface area contributed by atoms with Crippen LogP contribution < -0.4 is 10.5 Å². The Hall–Kier alpha value is -0.190. The predicted octanol–water partition coefficient (Wildman–Crippen LogP) is 4.33. The average molecular weight is 370 g/mol. The number of halogens is 3. The van der Waals surface area contributed by atoms with E-state index in [0.29, 0.717) is 12.0 Å². The van der Waals surface area contributed by atoms with E-state index in [-0.39, 0.29) is 30.9 Å². The van der Waals surface area contributed by atoms with Crippen LogP contribution in [0.4, 0.5) is 0 Å². The third-order valence-electron chi connectivity index (χ3n) is 4.29. The normalized spacial score (nSPS) is 16.5. The molecule has 1 saturated heterocycles. The van der Waals surface area contributed by atoms with E-state index in [2.05, 4.69) is 25.7 Å². The average Bonchev–Trinajstić information content (AvgIpc) is 2.31. The van der Waals surface area contributed by atoms with Crippen LogP contribution in [0.1, 0.15) is 49.4 Å².